The highest BCUT2D eigenvalue weighted by atomic mass is 35.5. The lowest BCUT2D eigenvalue weighted by Gasteiger charge is -2.14. The highest BCUT2D eigenvalue weighted by molar-refractivity contribution is 6.30. The highest BCUT2D eigenvalue weighted by Gasteiger charge is 2.09. The number of nitrogens with zero attached hydrogens (tertiary/aromatic N) is 1. The van der Waals surface area contributed by atoms with Crippen LogP contribution in [0.15, 0.2) is 36.4 Å². The van der Waals surface area contributed by atoms with E-state index >= 15 is 0 Å². The molecule has 0 spiro atoms. The van der Waals surface area contributed by atoms with Crippen LogP contribution in [0.3, 0.4) is 0 Å². The van der Waals surface area contributed by atoms with Crippen molar-refractivity contribution in [3.8, 4) is 5.75 Å². The summed E-state index contributed by atoms with van der Waals surface area (Å²) in [6, 6.07) is 11.2. The maximum Gasteiger partial charge on any atom is 0.130 e. The van der Waals surface area contributed by atoms with Crippen LogP contribution in [0.2, 0.25) is 5.02 Å². The lowest BCUT2D eigenvalue weighted by atomic mass is 10.1. The number of halogens is 1. The van der Waals surface area contributed by atoms with Crippen molar-refractivity contribution in [3.63, 3.8) is 0 Å². The molecular weight excluding hydrogens is 260 g/mol. The molecule has 19 heavy (non-hydrogen) atoms. The zero-order chi connectivity index (χ0) is 13.8. The Morgan fingerprint density at radius 2 is 2.11 bits per heavy atom. The monoisotopic (exact) mass is 276 g/mol. The molecule has 0 aliphatic heterocycles. The number of aryl methyl sites for hydroxylation is 1. The molecule has 0 fully saturated rings. The minimum Gasteiger partial charge on any atom is -0.487 e. The molecule has 0 amide bonds. The van der Waals surface area contributed by atoms with Crippen molar-refractivity contribution in [2.45, 2.75) is 26.5 Å². The van der Waals surface area contributed by atoms with Gasteiger partial charge in [-0.05, 0) is 44.2 Å². The highest BCUT2D eigenvalue weighted by Crippen LogP contribution is 2.27. The second-order valence-electron chi connectivity index (χ2n) is 4.53. The van der Waals surface area contributed by atoms with Crippen LogP contribution in [0.4, 0.5) is 0 Å². The summed E-state index contributed by atoms with van der Waals surface area (Å²) in [5.41, 5.74) is 8.70. The third kappa shape index (κ3) is 3.69. The lowest BCUT2D eigenvalue weighted by molar-refractivity contribution is 0.296. The minimum absolute atomic E-state index is 0.126. The van der Waals surface area contributed by atoms with Crippen LogP contribution < -0.4 is 10.5 Å². The van der Waals surface area contributed by atoms with Gasteiger partial charge in [0, 0.05) is 22.3 Å². The van der Waals surface area contributed by atoms with Crippen molar-refractivity contribution in [2.24, 2.45) is 5.73 Å². The number of aromatic nitrogens is 1. The predicted octanol–water partition coefficient (Wildman–Crippen LogP) is 3.64. The van der Waals surface area contributed by atoms with E-state index in [0.717, 1.165) is 22.7 Å². The first-order chi connectivity index (χ1) is 9.06. The molecule has 0 radical (unpaired) electrons. The van der Waals surface area contributed by atoms with Crippen molar-refractivity contribution < 1.29 is 4.74 Å². The fraction of sp³-hybridized carbons (Fsp3) is 0.267. The SMILES string of the molecule is Cc1cccc(COc2ccc(Cl)cc2C(C)N)n1. The summed E-state index contributed by atoms with van der Waals surface area (Å²) in [5, 5.41) is 0.660. The van der Waals surface area contributed by atoms with Crippen LogP contribution in [0, 0.1) is 6.92 Å². The Morgan fingerprint density at radius 1 is 1.32 bits per heavy atom. The Balaban J connectivity index is 2.15. The van der Waals surface area contributed by atoms with E-state index in [1.165, 1.54) is 0 Å². The Hall–Kier alpha value is -1.58. The summed E-state index contributed by atoms with van der Waals surface area (Å²) < 4.78 is 5.79. The van der Waals surface area contributed by atoms with Crippen molar-refractivity contribution in [1.29, 1.82) is 0 Å². The lowest BCUT2D eigenvalue weighted by Crippen LogP contribution is -2.08. The Labute approximate surface area is 118 Å². The molecule has 4 heteroatoms. The number of rotatable bonds is 4. The van der Waals surface area contributed by atoms with Gasteiger partial charge in [-0.3, -0.25) is 4.98 Å². The molecule has 1 aromatic heterocycles. The van der Waals surface area contributed by atoms with Crippen LogP contribution >= 0.6 is 11.6 Å². The van der Waals surface area contributed by atoms with E-state index in [-0.39, 0.29) is 6.04 Å². The summed E-state index contributed by atoms with van der Waals surface area (Å²) in [7, 11) is 0. The number of ether oxygens (including phenoxy) is 1. The van der Waals surface area contributed by atoms with Gasteiger partial charge in [0.05, 0.1) is 5.69 Å². The van der Waals surface area contributed by atoms with E-state index < -0.39 is 0 Å². The summed E-state index contributed by atoms with van der Waals surface area (Å²) in [5.74, 6) is 0.753. The molecule has 2 rings (SSSR count). The molecule has 0 saturated carbocycles. The molecule has 1 unspecified atom stereocenters. The average molecular weight is 277 g/mol. The first kappa shape index (κ1) is 13.8. The molecule has 0 aliphatic rings. The van der Waals surface area contributed by atoms with Gasteiger partial charge in [-0.1, -0.05) is 17.7 Å². The van der Waals surface area contributed by atoms with Gasteiger partial charge >= 0.3 is 0 Å². The quantitative estimate of drug-likeness (QED) is 0.927. The zero-order valence-electron chi connectivity index (χ0n) is 11.1. The maximum atomic E-state index is 5.98. The fourth-order valence-corrected chi connectivity index (χ4v) is 2.02. The van der Waals surface area contributed by atoms with Gasteiger partial charge in [-0.25, -0.2) is 0 Å². The Morgan fingerprint density at radius 3 is 2.79 bits per heavy atom. The molecule has 2 N–H and O–H groups in total. The molecule has 1 heterocycles. The summed E-state index contributed by atoms with van der Waals surface area (Å²) >= 11 is 5.98. The van der Waals surface area contributed by atoms with Crippen LogP contribution in [-0.4, -0.2) is 4.98 Å². The summed E-state index contributed by atoms with van der Waals surface area (Å²) in [4.78, 5) is 4.40. The van der Waals surface area contributed by atoms with Gasteiger partial charge in [0.25, 0.3) is 0 Å². The van der Waals surface area contributed by atoms with Gasteiger partial charge in [-0.15, -0.1) is 0 Å². The number of hydrogen-bond donors (Lipinski definition) is 1. The zero-order valence-corrected chi connectivity index (χ0v) is 11.8. The van der Waals surface area contributed by atoms with E-state index in [1.807, 2.05) is 44.2 Å². The Bertz CT molecular complexity index is 570. The van der Waals surface area contributed by atoms with Gasteiger partial charge in [0.2, 0.25) is 0 Å². The molecule has 0 saturated heterocycles. The van der Waals surface area contributed by atoms with Crippen LogP contribution in [-0.2, 0) is 6.61 Å². The number of benzene rings is 1. The second kappa shape index (κ2) is 6.04. The molecule has 100 valence electrons. The Kier molecular flexibility index (Phi) is 4.40. The normalized spacial score (nSPS) is 12.2. The molecule has 2 aromatic rings. The maximum absolute atomic E-state index is 5.98. The third-order valence-corrected chi connectivity index (χ3v) is 3.02. The van der Waals surface area contributed by atoms with Crippen molar-refractivity contribution in [3.05, 3.63) is 58.4 Å². The number of pyridine rings is 1. The van der Waals surface area contributed by atoms with Crippen molar-refractivity contribution in [2.75, 3.05) is 0 Å². The van der Waals surface area contributed by atoms with E-state index in [4.69, 9.17) is 22.1 Å². The largest absolute Gasteiger partial charge is 0.487 e. The van der Waals surface area contributed by atoms with Gasteiger partial charge in [0.15, 0.2) is 0 Å². The van der Waals surface area contributed by atoms with Crippen molar-refractivity contribution in [1.82, 2.24) is 4.98 Å². The van der Waals surface area contributed by atoms with E-state index in [0.29, 0.717) is 11.6 Å². The van der Waals surface area contributed by atoms with Crippen LogP contribution in [0.25, 0.3) is 0 Å². The van der Waals surface area contributed by atoms with Gasteiger partial charge in [0.1, 0.15) is 12.4 Å². The third-order valence-electron chi connectivity index (χ3n) is 2.78. The van der Waals surface area contributed by atoms with Crippen molar-refractivity contribution >= 4 is 11.6 Å². The van der Waals surface area contributed by atoms with E-state index in [1.54, 1.807) is 6.07 Å². The van der Waals surface area contributed by atoms with E-state index in [2.05, 4.69) is 4.98 Å². The standard InChI is InChI=1S/C15H17ClN2O/c1-10-4-3-5-13(18-10)9-19-15-7-6-12(16)8-14(15)11(2)17/h3-8,11H,9,17H2,1-2H3. The van der Waals surface area contributed by atoms with Crippen LogP contribution in [0.5, 0.6) is 5.75 Å². The average Bonchev–Trinajstić information content (AvgIpc) is 2.37. The number of nitrogens with two attached hydrogens (primary N) is 1. The molecule has 0 aliphatic carbocycles. The first-order valence-corrected chi connectivity index (χ1v) is 6.54. The minimum atomic E-state index is -0.126. The molecule has 0 bridgehead atoms. The molecule has 1 atom stereocenters. The van der Waals surface area contributed by atoms with Crippen LogP contribution in [0.1, 0.15) is 29.9 Å². The smallest absolute Gasteiger partial charge is 0.130 e. The fourth-order valence-electron chi connectivity index (χ4n) is 1.84. The summed E-state index contributed by atoms with van der Waals surface area (Å²) in [6.07, 6.45) is 0. The second-order valence-corrected chi connectivity index (χ2v) is 4.97. The summed E-state index contributed by atoms with van der Waals surface area (Å²) in [6.45, 7) is 4.28. The molecule has 3 nitrogen and oxygen atoms in total. The molecular formula is C15H17ClN2O. The van der Waals surface area contributed by atoms with Gasteiger partial charge < -0.3 is 10.5 Å². The van der Waals surface area contributed by atoms with Gasteiger partial charge in [-0.2, -0.15) is 0 Å². The topological polar surface area (TPSA) is 48.1 Å². The first-order valence-electron chi connectivity index (χ1n) is 6.16. The number of hydrogen-bond acceptors (Lipinski definition) is 3. The predicted molar refractivity (Wildman–Crippen MR) is 77.4 cm³/mol. The molecule has 1 aromatic carbocycles. The van der Waals surface area contributed by atoms with E-state index in [9.17, 15) is 0 Å².